The second-order valence-electron chi connectivity index (χ2n) is 7.61. The van der Waals surface area contributed by atoms with Gasteiger partial charge in [-0.15, -0.1) is 13.2 Å². The number of nitrogens with one attached hydrogen (secondary N) is 1. The fourth-order valence-corrected chi connectivity index (χ4v) is 3.75. The maximum absolute atomic E-state index is 12.8. The number of hydrogen-bond donors (Lipinski definition) is 1. The van der Waals surface area contributed by atoms with Crippen LogP contribution < -0.4 is 14.8 Å². The van der Waals surface area contributed by atoms with Gasteiger partial charge in [-0.1, -0.05) is 0 Å². The van der Waals surface area contributed by atoms with Gasteiger partial charge in [-0.05, 0) is 48.0 Å². The lowest BCUT2D eigenvalue weighted by atomic mass is 10.1. The van der Waals surface area contributed by atoms with Crippen LogP contribution in [-0.2, 0) is 11.2 Å². The number of alkyl halides is 3. The molecule has 10 heteroatoms. The maximum atomic E-state index is 12.8. The number of halogens is 3. The van der Waals surface area contributed by atoms with Crippen molar-refractivity contribution in [2.75, 3.05) is 44.6 Å². The normalized spacial score (nSPS) is 16.3. The van der Waals surface area contributed by atoms with Crippen LogP contribution >= 0.6 is 0 Å². The van der Waals surface area contributed by atoms with Gasteiger partial charge in [0.25, 0.3) is 5.91 Å². The highest BCUT2D eigenvalue weighted by Gasteiger charge is 2.31. The molecule has 2 heterocycles. The number of nitrogens with zero attached hydrogens (tertiary/aromatic N) is 2. The Morgan fingerprint density at radius 2 is 1.75 bits per heavy atom. The smallest absolute Gasteiger partial charge is 0.493 e. The Bertz CT molecular complexity index is 987. The summed E-state index contributed by atoms with van der Waals surface area (Å²) in [7, 11) is 0. The van der Waals surface area contributed by atoms with Crippen molar-refractivity contribution in [3.05, 3.63) is 53.6 Å². The highest BCUT2D eigenvalue weighted by Crippen LogP contribution is 2.27. The first kappa shape index (κ1) is 21.9. The lowest BCUT2D eigenvalue weighted by Crippen LogP contribution is -2.50. The molecule has 2 aromatic rings. The standard InChI is InChI=1S/C22H22F3N3O4/c23-22(24,25)32-18-4-2-17(3-5-18)26-20(29)14-27-8-10-28(11-9-27)21(30)16-1-6-19-15(13-16)7-12-31-19/h1-6,13H,7-12,14H2,(H,26,29). The zero-order valence-corrected chi connectivity index (χ0v) is 17.2. The minimum absolute atomic E-state index is 0.0371. The Morgan fingerprint density at radius 3 is 2.44 bits per heavy atom. The van der Waals surface area contributed by atoms with Crippen LogP contribution in [0.5, 0.6) is 11.5 Å². The summed E-state index contributed by atoms with van der Waals surface area (Å²) < 4.78 is 45.9. The Kier molecular flexibility index (Phi) is 6.22. The summed E-state index contributed by atoms with van der Waals surface area (Å²) in [6.07, 6.45) is -3.96. The summed E-state index contributed by atoms with van der Waals surface area (Å²) in [5, 5.41) is 2.65. The highest BCUT2D eigenvalue weighted by molar-refractivity contribution is 5.95. The molecule has 0 radical (unpaired) electrons. The van der Waals surface area contributed by atoms with Crippen molar-refractivity contribution in [3.8, 4) is 11.5 Å². The fraction of sp³-hybridized carbons (Fsp3) is 0.364. The van der Waals surface area contributed by atoms with Gasteiger partial charge in [0.2, 0.25) is 5.91 Å². The molecule has 0 unspecified atom stereocenters. The highest BCUT2D eigenvalue weighted by atomic mass is 19.4. The van der Waals surface area contributed by atoms with Crippen LogP contribution in [-0.4, -0.2) is 67.3 Å². The molecule has 0 atom stereocenters. The Labute approximate surface area is 182 Å². The number of carbonyl (C=O) groups excluding carboxylic acids is 2. The van der Waals surface area contributed by atoms with Crippen molar-refractivity contribution in [2.45, 2.75) is 12.8 Å². The van der Waals surface area contributed by atoms with E-state index in [-0.39, 0.29) is 24.1 Å². The molecule has 4 rings (SSSR count). The van der Waals surface area contributed by atoms with Gasteiger partial charge in [0, 0.05) is 43.9 Å². The van der Waals surface area contributed by atoms with Crippen LogP contribution in [0.3, 0.4) is 0 Å². The van der Waals surface area contributed by atoms with Gasteiger partial charge in [0.15, 0.2) is 0 Å². The lowest BCUT2D eigenvalue weighted by Gasteiger charge is -2.34. The summed E-state index contributed by atoms with van der Waals surface area (Å²) in [5.41, 5.74) is 2.06. The van der Waals surface area contributed by atoms with Crippen LogP contribution in [0.25, 0.3) is 0 Å². The molecule has 32 heavy (non-hydrogen) atoms. The number of anilines is 1. The van der Waals surface area contributed by atoms with E-state index in [1.54, 1.807) is 11.0 Å². The second-order valence-corrected chi connectivity index (χ2v) is 7.61. The molecule has 2 aliphatic rings. The van der Waals surface area contributed by atoms with E-state index >= 15 is 0 Å². The third kappa shape index (κ3) is 5.50. The molecule has 0 aromatic heterocycles. The van der Waals surface area contributed by atoms with E-state index in [0.717, 1.165) is 29.9 Å². The van der Waals surface area contributed by atoms with Crippen molar-refractivity contribution in [1.29, 1.82) is 0 Å². The Hall–Kier alpha value is -3.27. The molecule has 0 saturated carbocycles. The van der Waals surface area contributed by atoms with E-state index in [2.05, 4.69) is 10.1 Å². The van der Waals surface area contributed by atoms with Crippen molar-refractivity contribution in [1.82, 2.24) is 9.80 Å². The SMILES string of the molecule is O=C(CN1CCN(C(=O)c2ccc3c(c2)CCO3)CC1)Nc1ccc(OC(F)(F)F)cc1. The third-order valence-corrected chi connectivity index (χ3v) is 5.33. The molecule has 1 fully saturated rings. The first-order chi connectivity index (χ1) is 15.3. The minimum atomic E-state index is -4.76. The maximum Gasteiger partial charge on any atom is 0.573 e. The summed E-state index contributed by atoms with van der Waals surface area (Å²) >= 11 is 0. The van der Waals surface area contributed by atoms with E-state index in [4.69, 9.17) is 4.74 Å². The predicted octanol–water partition coefficient (Wildman–Crippen LogP) is 2.92. The number of rotatable bonds is 5. The van der Waals surface area contributed by atoms with Gasteiger partial charge in [-0.25, -0.2) is 0 Å². The van der Waals surface area contributed by atoms with E-state index < -0.39 is 6.36 Å². The first-order valence-corrected chi connectivity index (χ1v) is 10.2. The number of ether oxygens (including phenoxy) is 2. The second kappa shape index (κ2) is 9.07. The largest absolute Gasteiger partial charge is 0.573 e. The van der Waals surface area contributed by atoms with E-state index in [0.29, 0.717) is 44.0 Å². The Balaban J connectivity index is 1.24. The topological polar surface area (TPSA) is 71.1 Å². The third-order valence-electron chi connectivity index (χ3n) is 5.33. The number of carbonyl (C=O) groups is 2. The average molecular weight is 449 g/mol. The number of hydrogen-bond acceptors (Lipinski definition) is 5. The molecule has 2 amide bonds. The van der Waals surface area contributed by atoms with Gasteiger partial charge in [0.1, 0.15) is 11.5 Å². The average Bonchev–Trinajstić information content (AvgIpc) is 3.22. The van der Waals surface area contributed by atoms with Gasteiger partial charge in [-0.2, -0.15) is 0 Å². The minimum Gasteiger partial charge on any atom is -0.493 e. The van der Waals surface area contributed by atoms with Crippen molar-refractivity contribution in [2.24, 2.45) is 0 Å². The molecule has 7 nitrogen and oxygen atoms in total. The molecule has 0 spiro atoms. The number of amides is 2. The number of piperazine rings is 1. The zero-order valence-electron chi connectivity index (χ0n) is 17.2. The first-order valence-electron chi connectivity index (χ1n) is 10.2. The van der Waals surface area contributed by atoms with Gasteiger partial charge in [0.05, 0.1) is 13.2 Å². The molecule has 1 N–H and O–H groups in total. The number of benzene rings is 2. The fourth-order valence-electron chi connectivity index (χ4n) is 3.75. The summed E-state index contributed by atoms with van der Waals surface area (Å²) in [4.78, 5) is 28.8. The molecule has 0 bridgehead atoms. The van der Waals surface area contributed by atoms with Crippen LogP contribution in [0.1, 0.15) is 15.9 Å². The lowest BCUT2D eigenvalue weighted by molar-refractivity contribution is -0.274. The van der Waals surface area contributed by atoms with E-state index in [9.17, 15) is 22.8 Å². The van der Waals surface area contributed by atoms with E-state index in [1.807, 2.05) is 17.0 Å². The van der Waals surface area contributed by atoms with Gasteiger partial charge < -0.3 is 19.7 Å². The van der Waals surface area contributed by atoms with Crippen LogP contribution in [0.15, 0.2) is 42.5 Å². The number of fused-ring (bicyclic) bond motifs is 1. The van der Waals surface area contributed by atoms with Gasteiger partial charge in [-0.3, -0.25) is 14.5 Å². The Morgan fingerprint density at radius 1 is 1.03 bits per heavy atom. The van der Waals surface area contributed by atoms with Gasteiger partial charge >= 0.3 is 6.36 Å². The molecule has 170 valence electrons. The van der Waals surface area contributed by atoms with Crippen LogP contribution in [0, 0.1) is 0 Å². The summed E-state index contributed by atoms with van der Waals surface area (Å²) in [5.74, 6) is 0.157. The molecular formula is C22H22F3N3O4. The molecule has 0 aliphatic carbocycles. The van der Waals surface area contributed by atoms with Crippen LogP contribution in [0.4, 0.5) is 18.9 Å². The zero-order chi connectivity index (χ0) is 22.7. The van der Waals surface area contributed by atoms with Crippen LogP contribution in [0.2, 0.25) is 0 Å². The van der Waals surface area contributed by atoms with Crippen molar-refractivity contribution >= 4 is 17.5 Å². The monoisotopic (exact) mass is 449 g/mol. The van der Waals surface area contributed by atoms with Crippen molar-refractivity contribution in [3.63, 3.8) is 0 Å². The van der Waals surface area contributed by atoms with Crippen molar-refractivity contribution < 1.29 is 32.2 Å². The summed E-state index contributed by atoms with van der Waals surface area (Å²) in [6.45, 7) is 2.86. The summed E-state index contributed by atoms with van der Waals surface area (Å²) in [6, 6.07) is 10.5. The molecule has 2 aromatic carbocycles. The van der Waals surface area contributed by atoms with E-state index in [1.165, 1.54) is 12.1 Å². The quantitative estimate of drug-likeness (QED) is 0.760. The molecule has 1 saturated heterocycles. The molecule has 2 aliphatic heterocycles. The predicted molar refractivity (Wildman–Crippen MR) is 110 cm³/mol. The molecular weight excluding hydrogens is 427 g/mol.